The third-order valence-electron chi connectivity index (χ3n) is 5.33. The highest BCUT2D eigenvalue weighted by Crippen LogP contribution is 2.32. The summed E-state index contributed by atoms with van der Waals surface area (Å²) >= 11 is 0. The lowest BCUT2D eigenvalue weighted by Gasteiger charge is -2.36. The second kappa shape index (κ2) is 7.82. The van der Waals surface area contributed by atoms with E-state index in [1.165, 1.54) is 8.61 Å². The van der Waals surface area contributed by atoms with Crippen LogP contribution in [0.15, 0.2) is 42.6 Å². The average molecular weight is 428 g/mol. The molecule has 0 spiro atoms. The standard InChI is InChI=1S/C21H25N5O3S/c1-15-12-18-17(14-22-21(23-18)16-6-4-5-7-20(16)27)19(13-15)25-8-10-26(11-9-25)30(28,29)24(2)3/h4-7,12-14,27H,8-11H2,1-3H3. The van der Waals surface area contributed by atoms with Crippen LogP contribution in [0.1, 0.15) is 5.56 Å². The molecule has 2 heterocycles. The van der Waals surface area contributed by atoms with Crippen LogP contribution in [0, 0.1) is 6.92 Å². The van der Waals surface area contributed by atoms with E-state index in [4.69, 9.17) is 0 Å². The molecule has 9 heteroatoms. The van der Waals surface area contributed by atoms with Crippen LogP contribution in [0.25, 0.3) is 22.3 Å². The summed E-state index contributed by atoms with van der Waals surface area (Å²) in [7, 11) is -0.303. The van der Waals surface area contributed by atoms with Crippen molar-refractivity contribution in [2.45, 2.75) is 6.92 Å². The van der Waals surface area contributed by atoms with Crippen LogP contribution >= 0.6 is 0 Å². The van der Waals surface area contributed by atoms with Gasteiger partial charge in [-0.25, -0.2) is 9.97 Å². The number of hydrogen-bond acceptors (Lipinski definition) is 6. The molecule has 0 atom stereocenters. The number of rotatable bonds is 4. The number of phenols is 1. The van der Waals surface area contributed by atoms with Crippen molar-refractivity contribution in [3.63, 3.8) is 0 Å². The smallest absolute Gasteiger partial charge is 0.281 e. The first-order chi connectivity index (χ1) is 14.3. The van der Waals surface area contributed by atoms with Gasteiger partial charge in [-0.2, -0.15) is 17.0 Å². The van der Waals surface area contributed by atoms with Gasteiger partial charge in [0.05, 0.1) is 11.1 Å². The summed E-state index contributed by atoms with van der Waals surface area (Å²) in [6, 6.07) is 11.1. The predicted octanol–water partition coefficient (Wildman–Crippen LogP) is 2.24. The molecule has 3 aromatic rings. The Bertz CT molecular complexity index is 1190. The minimum Gasteiger partial charge on any atom is -0.507 e. The van der Waals surface area contributed by atoms with Crippen LogP contribution in [0.3, 0.4) is 0 Å². The van der Waals surface area contributed by atoms with Gasteiger partial charge < -0.3 is 10.0 Å². The fourth-order valence-corrected chi connectivity index (χ4v) is 4.78. The van der Waals surface area contributed by atoms with E-state index in [1.807, 2.05) is 19.1 Å². The molecule has 0 unspecified atom stereocenters. The monoisotopic (exact) mass is 427 g/mol. The maximum Gasteiger partial charge on any atom is 0.281 e. The highest BCUT2D eigenvalue weighted by Gasteiger charge is 2.29. The van der Waals surface area contributed by atoms with Gasteiger partial charge >= 0.3 is 0 Å². The number of para-hydroxylation sites is 1. The van der Waals surface area contributed by atoms with Crippen molar-refractivity contribution in [3.8, 4) is 17.1 Å². The zero-order valence-electron chi connectivity index (χ0n) is 17.3. The van der Waals surface area contributed by atoms with Crippen molar-refractivity contribution in [2.75, 3.05) is 45.2 Å². The van der Waals surface area contributed by atoms with E-state index in [0.29, 0.717) is 37.6 Å². The van der Waals surface area contributed by atoms with Crippen molar-refractivity contribution in [1.29, 1.82) is 0 Å². The number of phenolic OH excluding ortho intramolecular Hbond substituents is 1. The van der Waals surface area contributed by atoms with Crippen LogP contribution in [0.4, 0.5) is 5.69 Å². The molecule has 158 valence electrons. The summed E-state index contributed by atoms with van der Waals surface area (Å²) in [5, 5.41) is 11.0. The molecular formula is C21H25N5O3S. The number of aryl methyl sites for hydroxylation is 1. The first-order valence-electron chi connectivity index (χ1n) is 9.75. The van der Waals surface area contributed by atoms with Gasteiger partial charge in [0.1, 0.15) is 5.75 Å². The zero-order chi connectivity index (χ0) is 21.5. The van der Waals surface area contributed by atoms with Gasteiger partial charge in [-0.3, -0.25) is 0 Å². The Kier molecular flexibility index (Phi) is 5.35. The number of nitrogens with zero attached hydrogens (tertiary/aromatic N) is 5. The molecule has 1 aliphatic rings. The van der Waals surface area contributed by atoms with Gasteiger partial charge in [-0.15, -0.1) is 0 Å². The molecule has 2 aromatic carbocycles. The number of aromatic hydroxyl groups is 1. The van der Waals surface area contributed by atoms with Crippen LogP contribution in [-0.2, 0) is 10.2 Å². The summed E-state index contributed by atoms with van der Waals surface area (Å²) < 4.78 is 27.5. The predicted molar refractivity (Wildman–Crippen MR) is 118 cm³/mol. The molecule has 1 aromatic heterocycles. The van der Waals surface area contributed by atoms with Gasteiger partial charge in [0.2, 0.25) is 0 Å². The van der Waals surface area contributed by atoms with Gasteiger partial charge in [-0.1, -0.05) is 12.1 Å². The van der Waals surface area contributed by atoms with Crippen molar-refractivity contribution < 1.29 is 13.5 Å². The van der Waals surface area contributed by atoms with E-state index < -0.39 is 10.2 Å². The van der Waals surface area contributed by atoms with Crippen LogP contribution in [0.5, 0.6) is 5.75 Å². The number of aromatic nitrogens is 2. The third kappa shape index (κ3) is 3.71. The fourth-order valence-electron chi connectivity index (χ4n) is 3.70. The zero-order valence-corrected chi connectivity index (χ0v) is 18.1. The number of piperazine rings is 1. The van der Waals surface area contributed by atoms with E-state index in [1.54, 1.807) is 38.5 Å². The quantitative estimate of drug-likeness (QED) is 0.687. The Labute approximate surface area is 176 Å². The molecule has 30 heavy (non-hydrogen) atoms. The molecule has 1 fully saturated rings. The summed E-state index contributed by atoms with van der Waals surface area (Å²) in [5.41, 5.74) is 3.44. The molecule has 1 aliphatic heterocycles. The summed E-state index contributed by atoms with van der Waals surface area (Å²) in [6.07, 6.45) is 1.78. The maximum absolute atomic E-state index is 12.4. The Morgan fingerprint density at radius 2 is 1.77 bits per heavy atom. The lowest BCUT2D eigenvalue weighted by Crippen LogP contribution is -2.51. The minimum absolute atomic E-state index is 0.142. The second-order valence-corrected chi connectivity index (χ2v) is 9.75. The summed E-state index contributed by atoms with van der Waals surface area (Å²) in [4.78, 5) is 11.4. The van der Waals surface area contributed by atoms with E-state index in [-0.39, 0.29) is 5.75 Å². The van der Waals surface area contributed by atoms with Crippen molar-refractivity contribution in [1.82, 2.24) is 18.6 Å². The highest BCUT2D eigenvalue weighted by atomic mass is 32.2. The molecule has 0 saturated carbocycles. The number of benzene rings is 2. The topological polar surface area (TPSA) is 89.9 Å². The van der Waals surface area contributed by atoms with Crippen LogP contribution in [-0.4, -0.2) is 72.4 Å². The van der Waals surface area contributed by atoms with Gasteiger partial charge in [-0.05, 0) is 36.8 Å². The second-order valence-electron chi connectivity index (χ2n) is 7.60. The molecular weight excluding hydrogens is 402 g/mol. The normalized spacial score (nSPS) is 15.8. The number of hydrogen-bond donors (Lipinski definition) is 1. The van der Waals surface area contributed by atoms with Crippen LogP contribution in [0.2, 0.25) is 0 Å². The summed E-state index contributed by atoms with van der Waals surface area (Å²) in [6.45, 7) is 4.04. The van der Waals surface area contributed by atoms with E-state index in [9.17, 15) is 13.5 Å². The van der Waals surface area contributed by atoms with Gasteiger partial charge in [0.15, 0.2) is 5.82 Å². The highest BCUT2D eigenvalue weighted by molar-refractivity contribution is 7.86. The largest absolute Gasteiger partial charge is 0.507 e. The SMILES string of the molecule is Cc1cc(N2CCN(S(=O)(=O)N(C)C)CC2)c2cnc(-c3ccccc3O)nc2c1. The van der Waals surface area contributed by atoms with E-state index in [0.717, 1.165) is 22.2 Å². The molecule has 1 N–H and O–H groups in total. The number of anilines is 1. The van der Waals surface area contributed by atoms with E-state index >= 15 is 0 Å². The molecule has 0 radical (unpaired) electrons. The lowest BCUT2D eigenvalue weighted by molar-refractivity contribution is 0.356. The maximum atomic E-state index is 12.4. The molecule has 0 aliphatic carbocycles. The third-order valence-corrected chi connectivity index (χ3v) is 7.28. The summed E-state index contributed by atoms with van der Waals surface area (Å²) in [5.74, 6) is 0.613. The Morgan fingerprint density at radius 1 is 1.07 bits per heavy atom. The Morgan fingerprint density at radius 3 is 2.43 bits per heavy atom. The molecule has 0 amide bonds. The average Bonchev–Trinajstić information content (AvgIpc) is 2.73. The first kappa shape index (κ1) is 20.5. The molecule has 8 nitrogen and oxygen atoms in total. The Balaban J connectivity index is 1.67. The first-order valence-corrected chi connectivity index (χ1v) is 11.2. The molecule has 4 rings (SSSR count). The van der Waals surface area contributed by atoms with Gasteiger partial charge in [0.25, 0.3) is 10.2 Å². The molecule has 1 saturated heterocycles. The number of fused-ring (bicyclic) bond motifs is 1. The van der Waals surface area contributed by atoms with Crippen molar-refractivity contribution in [2.24, 2.45) is 0 Å². The van der Waals surface area contributed by atoms with Crippen LogP contribution < -0.4 is 4.90 Å². The van der Waals surface area contributed by atoms with Crippen molar-refractivity contribution in [3.05, 3.63) is 48.2 Å². The van der Waals surface area contributed by atoms with Crippen molar-refractivity contribution >= 4 is 26.8 Å². The lowest BCUT2D eigenvalue weighted by atomic mass is 10.1. The fraction of sp³-hybridized carbons (Fsp3) is 0.333. The minimum atomic E-state index is -3.40. The van der Waals surface area contributed by atoms with Gasteiger partial charge in [0, 0.05) is 57.5 Å². The van der Waals surface area contributed by atoms with E-state index in [2.05, 4.69) is 20.9 Å². The molecule has 0 bridgehead atoms. The Hall–Kier alpha value is -2.75.